The second-order valence-corrected chi connectivity index (χ2v) is 12.8. The van der Waals surface area contributed by atoms with Gasteiger partial charge in [-0.25, -0.2) is 9.97 Å². The van der Waals surface area contributed by atoms with Crippen molar-refractivity contribution in [3.63, 3.8) is 0 Å². The highest BCUT2D eigenvalue weighted by Crippen LogP contribution is 2.25. The topological polar surface area (TPSA) is 118 Å². The van der Waals surface area contributed by atoms with Crippen molar-refractivity contribution in [1.82, 2.24) is 9.97 Å². The molecule has 2 aromatic heterocycles. The van der Waals surface area contributed by atoms with Crippen LogP contribution in [0.25, 0.3) is 0 Å². The second-order valence-electron chi connectivity index (χ2n) is 12.8. The van der Waals surface area contributed by atoms with Crippen LogP contribution in [0.3, 0.4) is 0 Å². The summed E-state index contributed by atoms with van der Waals surface area (Å²) in [7, 11) is 0. The normalized spacial score (nSPS) is 10.5. The van der Waals surface area contributed by atoms with Crippen LogP contribution in [-0.4, -0.2) is 102 Å². The van der Waals surface area contributed by atoms with Crippen molar-refractivity contribution in [2.45, 2.75) is 0 Å². The minimum absolute atomic E-state index is 0.424. The van der Waals surface area contributed by atoms with Gasteiger partial charge in [0.25, 0.3) is 0 Å². The van der Waals surface area contributed by atoms with Crippen LogP contribution in [0.4, 0.5) is 0 Å². The van der Waals surface area contributed by atoms with Gasteiger partial charge in [0.1, 0.15) is 59.1 Å². The van der Waals surface area contributed by atoms with Gasteiger partial charge < -0.3 is 47.4 Å². The van der Waals surface area contributed by atoms with Crippen molar-refractivity contribution < 1.29 is 47.4 Å². The van der Waals surface area contributed by atoms with Crippen molar-refractivity contribution in [1.29, 1.82) is 0 Å². The highest BCUT2D eigenvalue weighted by molar-refractivity contribution is 5.53. The minimum Gasteiger partial charge on any atom is -0.491 e. The van der Waals surface area contributed by atoms with Crippen molar-refractivity contribution in [3.8, 4) is 58.2 Å². The Morgan fingerprint density at radius 2 is 0.710 bits per heavy atom. The number of hydrogen-bond donors (Lipinski definition) is 0. The van der Waals surface area contributed by atoms with E-state index >= 15 is 0 Å². The molecule has 322 valence electrons. The van der Waals surface area contributed by atoms with E-state index in [4.69, 9.17) is 47.4 Å². The number of hydrogen-bond acceptors (Lipinski definition) is 12. The lowest BCUT2D eigenvalue weighted by molar-refractivity contribution is 0.0135. The van der Waals surface area contributed by atoms with E-state index in [1.165, 1.54) is 0 Å². The summed E-state index contributed by atoms with van der Waals surface area (Å²) in [6.07, 6.45) is 6.70. The molecule has 0 unspecified atom stereocenters. The van der Waals surface area contributed by atoms with Gasteiger partial charge in [0.2, 0.25) is 0 Å². The smallest absolute Gasteiger partial charge is 0.145 e. The van der Waals surface area contributed by atoms with Gasteiger partial charge in [-0.3, -0.25) is 0 Å². The standard InChI is InChI=1S/C50H52N2O10/c1-3-25-53-27-29-55-31-33-57-35-37-59-45-17-21-47(22-18-45)61-49-15-13-43(51-39-49)11-9-41-7-5-6-8-42(41)10-12-44-14-16-50(40-52-44)62-48-23-19-46(20-24-48)60-38-36-58-34-32-56-30-28-54-26-4-2/h3-8,13-24,39-40H,1-2,25-38H2. The molecular weight excluding hydrogens is 789 g/mol. The predicted molar refractivity (Wildman–Crippen MR) is 236 cm³/mol. The predicted octanol–water partition coefficient (Wildman–Crippen LogP) is 8.09. The van der Waals surface area contributed by atoms with Crippen molar-refractivity contribution in [2.75, 3.05) is 92.5 Å². The molecule has 12 nitrogen and oxygen atoms in total. The Kier molecular flexibility index (Phi) is 21.7. The molecule has 12 heteroatoms. The summed E-state index contributed by atoms with van der Waals surface area (Å²) in [5.74, 6) is 16.6. The summed E-state index contributed by atoms with van der Waals surface area (Å²) in [6, 6.07) is 29.7. The number of pyridine rings is 2. The SMILES string of the molecule is C=CCOCCOCCOCCOc1ccc(Oc2ccc(C#Cc3ccccc3C#Cc3ccc(Oc4ccc(OCCOCCOCCOCC=C)cc4)cn3)nc2)cc1. The Labute approximate surface area is 364 Å². The molecule has 0 spiro atoms. The summed E-state index contributed by atoms with van der Waals surface area (Å²) >= 11 is 0. The Hall–Kier alpha value is -6.48. The molecule has 0 N–H and O–H groups in total. The average Bonchev–Trinajstić information content (AvgIpc) is 3.31. The zero-order chi connectivity index (χ0) is 43.1. The molecule has 0 bridgehead atoms. The van der Waals surface area contributed by atoms with Crippen LogP contribution in [0.15, 0.2) is 135 Å². The molecule has 5 aromatic rings. The number of ether oxygens (including phenoxy) is 10. The summed E-state index contributed by atoms with van der Waals surface area (Å²) in [5, 5.41) is 0. The Morgan fingerprint density at radius 1 is 0.371 bits per heavy atom. The minimum atomic E-state index is 0.424. The van der Waals surface area contributed by atoms with Crippen molar-refractivity contribution in [3.05, 3.63) is 157 Å². The van der Waals surface area contributed by atoms with Crippen LogP contribution in [0.1, 0.15) is 22.5 Å². The summed E-state index contributed by atoms with van der Waals surface area (Å²) in [6.45, 7) is 14.1. The molecular formula is C50H52N2O10. The van der Waals surface area contributed by atoms with Crippen LogP contribution in [0.2, 0.25) is 0 Å². The van der Waals surface area contributed by atoms with E-state index in [1.54, 1.807) is 24.5 Å². The summed E-state index contributed by atoms with van der Waals surface area (Å²) < 4.78 is 55.9. The van der Waals surface area contributed by atoms with E-state index in [2.05, 4.69) is 46.8 Å². The van der Waals surface area contributed by atoms with E-state index in [-0.39, 0.29) is 0 Å². The van der Waals surface area contributed by atoms with Crippen LogP contribution in [0.5, 0.6) is 34.5 Å². The quantitative estimate of drug-likeness (QED) is 0.0275. The van der Waals surface area contributed by atoms with E-state index in [1.807, 2.05) is 97.1 Å². The first-order valence-corrected chi connectivity index (χ1v) is 20.2. The lowest BCUT2D eigenvalue weighted by atomic mass is 10.1. The third-order valence-electron chi connectivity index (χ3n) is 8.12. The zero-order valence-corrected chi connectivity index (χ0v) is 34.8. The number of rotatable bonds is 28. The van der Waals surface area contributed by atoms with Gasteiger partial charge in [0.05, 0.1) is 91.7 Å². The van der Waals surface area contributed by atoms with Gasteiger partial charge in [0, 0.05) is 11.1 Å². The summed E-state index contributed by atoms with van der Waals surface area (Å²) in [4.78, 5) is 8.93. The average molecular weight is 841 g/mol. The van der Waals surface area contributed by atoms with Gasteiger partial charge in [-0.05, 0) is 96.8 Å². The first-order valence-electron chi connectivity index (χ1n) is 20.2. The maximum absolute atomic E-state index is 5.97. The third-order valence-corrected chi connectivity index (χ3v) is 8.12. The Balaban J connectivity index is 0.998. The van der Waals surface area contributed by atoms with Gasteiger partial charge >= 0.3 is 0 Å². The molecule has 62 heavy (non-hydrogen) atoms. The Morgan fingerprint density at radius 3 is 1.06 bits per heavy atom. The lowest BCUT2D eigenvalue weighted by Crippen LogP contribution is -2.12. The van der Waals surface area contributed by atoms with Crippen LogP contribution in [0, 0.1) is 23.7 Å². The fourth-order valence-electron chi connectivity index (χ4n) is 5.12. The van der Waals surface area contributed by atoms with Gasteiger partial charge in [-0.1, -0.05) is 36.1 Å². The maximum Gasteiger partial charge on any atom is 0.145 e. The molecule has 5 rings (SSSR count). The van der Waals surface area contributed by atoms with E-state index in [9.17, 15) is 0 Å². The Bertz CT molecular complexity index is 2000. The number of benzene rings is 3. The first-order chi connectivity index (χ1) is 30.7. The molecule has 2 heterocycles. The zero-order valence-electron chi connectivity index (χ0n) is 34.8. The molecule has 0 saturated carbocycles. The van der Waals surface area contributed by atoms with E-state index in [0.717, 1.165) is 11.1 Å². The molecule has 0 atom stereocenters. The number of nitrogens with zero attached hydrogens (tertiary/aromatic N) is 2. The highest BCUT2D eigenvalue weighted by atomic mass is 16.6. The molecule has 0 aliphatic rings. The second kappa shape index (κ2) is 28.9. The van der Waals surface area contributed by atoms with Crippen LogP contribution in [-0.2, 0) is 28.4 Å². The van der Waals surface area contributed by atoms with Crippen LogP contribution >= 0.6 is 0 Å². The van der Waals surface area contributed by atoms with E-state index < -0.39 is 0 Å². The summed E-state index contributed by atoms with van der Waals surface area (Å²) in [5.41, 5.74) is 2.74. The van der Waals surface area contributed by atoms with Crippen LogP contribution < -0.4 is 18.9 Å². The van der Waals surface area contributed by atoms with Gasteiger partial charge in [-0.2, -0.15) is 0 Å². The maximum atomic E-state index is 5.97. The monoisotopic (exact) mass is 840 g/mol. The molecule has 0 amide bonds. The number of aromatic nitrogens is 2. The fraction of sp³-hybridized carbons (Fsp3) is 0.280. The first kappa shape index (κ1) is 46.6. The molecule has 0 radical (unpaired) electrons. The third kappa shape index (κ3) is 18.8. The van der Waals surface area contributed by atoms with E-state index in [0.29, 0.717) is 138 Å². The van der Waals surface area contributed by atoms with Gasteiger partial charge in [-0.15, -0.1) is 13.2 Å². The lowest BCUT2D eigenvalue weighted by Gasteiger charge is -2.09. The van der Waals surface area contributed by atoms with Crippen molar-refractivity contribution >= 4 is 0 Å². The largest absolute Gasteiger partial charge is 0.491 e. The van der Waals surface area contributed by atoms with Gasteiger partial charge in [0.15, 0.2) is 0 Å². The molecule has 0 saturated heterocycles. The molecule has 0 aliphatic carbocycles. The molecule has 0 aliphatic heterocycles. The molecule has 3 aromatic carbocycles. The highest BCUT2D eigenvalue weighted by Gasteiger charge is 2.03. The molecule has 0 fully saturated rings. The fourth-order valence-corrected chi connectivity index (χ4v) is 5.12. The van der Waals surface area contributed by atoms with Crippen molar-refractivity contribution in [2.24, 2.45) is 0 Å².